The van der Waals surface area contributed by atoms with Crippen molar-refractivity contribution in [3.05, 3.63) is 52.0 Å². The lowest BCUT2D eigenvalue weighted by molar-refractivity contribution is 0.445. The van der Waals surface area contributed by atoms with Gasteiger partial charge in [0, 0.05) is 26.2 Å². The minimum atomic E-state index is -4.07. The van der Waals surface area contributed by atoms with Gasteiger partial charge >= 0.3 is 5.76 Å². The maximum Gasteiger partial charge on any atom is 0.419 e. The molecule has 2 aromatic carbocycles. The van der Waals surface area contributed by atoms with Crippen molar-refractivity contribution in [1.82, 2.24) is 8.87 Å². The van der Waals surface area contributed by atoms with Crippen LogP contribution in [-0.2, 0) is 27.1 Å². The summed E-state index contributed by atoms with van der Waals surface area (Å²) >= 11 is 0. The number of sulfonamides is 2. The molecule has 9 nitrogen and oxygen atoms in total. The fourth-order valence-corrected chi connectivity index (χ4v) is 5.98. The molecule has 0 spiro atoms. The van der Waals surface area contributed by atoms with E-state index in [-0.39, 0.29) is 21.1 Å². The van der Waals surface area contributed by atoms with Gasteiger partial charge in [-0.15, -0.1) is 0 Å². The van der Waals surface area contributed by atoms with E-state index in [1.54, 1.807) is 27.7 Å². The molecule has 0 aliphatic heterocycles. The van der Waals surface area contributed by atoms with E-state index in [0.717, 1.165) is 0 Å². The Labute approximate surface area is 181 Å². The van der Waals surface area contributed by atoms with Gasteiger partial charge in [-0.1, -0.05) is 13.8 Å². The highest BCUT2D eigenvalue weighted by Gasteiger charge is 2.25. The van der Waals surface area contributed by atoms with Gasteiger partial charge in [0.2, 0.25) is 10.0 Å². The number of hydrogen-bond donors (Lipinski definition) is 1. The SMILES string of the molecule is CCN(CC)S(=O)(=O)c1cc(C)c(C)c(NS(=O)(=O)c2ccc3c(c2)oc(=O)n3C)c1. The van der Waals surface area contributed by atoms with Crippen molar-refractivity contribution in [2.24, 2.45) is 7.05 Å². The summed E-state index contributed by atoms with van der Waals surface area (Å²) in [5.41, 5.74) is 2.01. The monoisotopic (exact) mass is 467 g/mol. The van der Waals surface area contributed by atoms with Gasteiger partial charge in [-0.05, 0) is 49.2 Å². The van der Waals surface area contributed by atoms with Crippen LogP contribution >= 0.6 is 0 Å². The molecular weight excluding hydrogens is 442 g/mol. The fourth-order valence-electron chi connectivity index (χ4n) is 3.28. The lowest BCUT2D eigenvalue weighted by Gasteiger charge is -2.20. The Kier molecular flexibility index (Phi) is 6.05. The summed E-state index contributed by atoms with van der Waals surface area (Å²) in [6, 6.07) is 6.96. The molecule has 0 saturated carbocycles. The summed E-state index contributed by atoms with van der Waals surface area (Å²) in [7, 11) is -6.32. The molecule has 0 bridgehead atoms. The number of aromatic nitrogens is 1. The van der Waals surface area contributed by atoms with Crippen molar-refractivity contribution in [1.29, 1.82) is 0 Å². The zero-order valence-electron chi connectivity index (χ0n) is 18.0. The minimum Gasteiger partial charge on any atom is -0.408 e. The van der Waals surface area contributed by atoms with Crippen LogP contribution in [0.4, 0.5) is 5.69 Å². The van der Waals surface area contributed by atoms with Gasteiger partial charge in [-0.2, -0.15) is 4.31 Å². The lowest BCUT2D eigenvalue weighted by atomic mass is 10.1. The van der Waals surface area contributed by atoms with Gasteiger partial charge in [-0.25, -0.2) is 21.6 Å². The van der Waals surface area contributed by atoms with Crippen LogP contribution < -0.4 is 10.5 Å². The van der Waals surface area contributed by atoms with Crippen LogP contribution in [0.3, 0.4) is 0 Å². The topological polar surface area (TPSA) is 119 Å². The lowest BCUT2D eigenvalue weighted by Crippen LogP contribution is -2.30. The third-order valence-corrected chi connectivity index (χ3v) is 8.69. The molecule has 0 aliphatic carbocycles. The molecule has 1 N–H and O–H groups in total. The van der Waals surface area contributed by atoms with Crippen LogP contribution in [0.1, 0.15) is 25.0 Å². The van der Waals surface area contributed by atoms with Crippen molar-refractivity contribution in [3.8, 4) is 0 Å². The van der Waals surface area contributed by atoms with Crippen LogP contribution in [0.5, 0.6) is 0 Å². The van der Waals surface area contributed by atoms with Gasteiger partial charge in [0.05, 0.1) is 21.0 Å². The number of anilines is 1. The zero-order valence-corrected chi connectivity index (χ0v) is 19.6. The van der Waals surface area contributed by atoms with Gasteiger partial charge < -0.3 is 4.42 Å². The largest absolute Gasteiger partial charge is 0.419 e. The summed E-state index contributed by atoms with van der Waals surface area (Å²) in [6.45, 7) is 7.51. The summed E-state index contributed by atoms with van der Waals surface area (Å²) in [5.74, 6) is -0.599. The van der Waals surface area contributed by atoms with Crippen LogP contribution in [0.2, 0.25) is 0 Å². The normalized spacial score (nSPS) is 12.6. The standard InChI is InChI=1S/C20H25N3O6S2/c1-6-23(7-2)31(27,28)16-10-13(3)14(4)17(11-16)21-30(25,26)15-8-9-18-19(12-15)29-20(24)22(18)5/h8-12,21H,6-7H2,1-5H3. The molecule has 3 rings (SSSR count). The fraction of sp³-hybridized carbons (Fsp3) is 0.350. The highest BCUT2D eigenvalue weighted by Crippen LogP contribution is 2.29. The molecule has 0 saturated heterocycles. The highest BCUT2D eigenvalue weighted by molar-refractivity contribution is 7.92. The third kappa shape index (κ3) is 4.12. The molecule has 168 valence electrons. The second kappa shape index (κ2) is 8.13. The Morgan fingerprint density at radius 2 is 1.65 bits per heavy atom. The quantitative estimate of drug-likeness (QED) is 0.570. The Balaban J connectivity index is 2.07. The molecular formula is C20H25N3O6S2. The van der Waals surface area contributed by atoms with E-state index in [4.69, 9.17) is 4.42 Å². The van der Waals surface area contributed by atoms with Crippen molar-refractivity contribution in [2.75, 3.05) is 17.8 Å². The zero-order chi connectivity index (χ0) is 23.1. The summed E-state index contributed by atoms with van der Waals surface area (Å²) < 4.78 is 62.0. The van der Waals surface area contributed by atoms with Crippen molar-refractivity contribution in [3.63, 3.8) is 0 Å². The van der Waals surface area contributed by atoms with E-state index in [0.29, 0.717) is 29.7 Å². The average Bonchev–Trinajstić information content (AvgIpc) is 2.99. The molecule has 0 radical (unpaired) electrons. The Bertz CT molecular complexity index is 1420. The van der Waals surface area contributed by atoms with E-state index in [9.17, 15) is 21.6 Å². The summed E-state index contributed by atoms with van der Waals surface area (Å²) in [5, 5.41) is 0. The van der Waals surface area contributed by atoms with Crippen molar-refractivity contribution >= 4 is 36.8 Å². The van der Waals surface area contributed by atoms with Crippen molar-refractivity contribution in [2.45, 2.75) is 37.5 Å². The number of nitrogens with zero attached hydrogens (tertiary/aromatic N) is 2. The molecule has 1 aromatic heterocycles. The van der Waals surface area contributed by atoms with Gasteiger partial charge in [0.1, 0.15) is 0 Å². The molecule has 11 heteroatoms. The third-order valence-electron chi connectivity index (χ3n) is 5.30. The van der Waals surface area contributed by atoms with Gasteiger partial charge in [-0.3, -0.25) is 9.29 Å². The van der Waals surface area contributed by atoms with E-state index in [2.05, 4.69) is 4.72 Å². The first kappa shape index (κ1) is 23.0. The number of fused-ring (bicyclic) bond motifs is 1. The summed E-state index contributed by atoms with van der Waals surface area (Å²) in [4.78, 5) is 11.6. The van der Waals surface area contributed by atoms with Crippen molar-refractivity contribution < 1.29 is 21.3 Å². The summed E-state index contributed by atoms with van der Waals surface area (Å²) in [6.07, 6.45) is 0. The van der Waals surface area contributed by atoms with Gasteiger partial charge in [0.15, 0.2) is 5.58 Å². The van der Waals surface area contributed by atoms with Crippen LogP contribution in [0, 0.1) is 13.8 Å². The first-order valence-electron chi connectivity index (χ1n) is 9.66. The second-order valence-corrected chi connectivity index (χ2v) is 10.8. The molecule has 0 unspecified atom stereocenters. The van der Waals surface area contributed by atoms with Gasteiger partial charge in [0.25, 0.3) is 10.0 Å². The van der Waals surface area contributed by atoms with Crippen LogP contribution in [0.25, 0.3) is 11.1 Å². The Hall–Kier alpha value is -2.63. The number of rotatable bonds is 7. The molecule has 0 aliphatic rings. The first-order valence-corrected chi connectivity index (χ1v) is 12.6. The number of hydrogen-bond acceptors (Lipinski definition) is 6. The molecule has 1 heterocycles. The number of benzene rings is 2. The molecule has 3 aromatic rings. The van der Waals surface area contributed by atoms with Crippen LogP contribution in [0.15, 0.2) is 49.3 Å². The predicted octanol–water partition coefficient (Wildman–Crippen LogP) is 2.58. The van der Waals surface area contributed by atoms with E-state index in [1.165, 1.54) is 46.3 Å². The minimum absolute atomic E-state index is 0.0153. The maximum absolute atomic E-state index is 13.0. The number of nitrogens with one attached hydrogen (secondary N) is 1. The highest BCUT2D eigenvalue weighted by atomic mass is 32.2. The predicted molar refractivity (Wildman–Crippen MR) is 118 cm³/mol. The second-order valence-electron chi connectivity index (χ2n) is 7.16. The maximum atomic E-state index is 13.0. The number of oxazole rings is 1. The number of aryl methyl sites for hydroxylation is 2. The molecule has 0 fully saturated rings. The molecule has 0 amide bonds. The van der Waals surface area contributed by atoms with E-state index < -0.39 is 25.8 Å². The molecule has 0 atom stereocenters. The Morgan fingerprint density at radius 3 is 2.26 bits per heavy atom. The first-order chi connectivity index (χ1) is 14.4. The Morgan fingerprint density at radius 1 is 1.00 bits per heavy atom. The van der Waals surface area contributed by atoms with E-state index in [1.807, 2.05) is 0 Å². The van der Waals surface area contributed by atoms with E-state index >= 15 is 0 Å². The smallest absolute Gasteiger partial charge is 0.408 e. The molecule has 31 heavy (non-hydrogen) atoms. The van der Waals surface area contributed by atoms with Crippen LogP contribution in [-0.4, -0.2) is 38.8 Å². The average molecular weight is 468 g/mol.